The summed E-state index contributed by atoms with van der Waals surface area (Å²) < 4.78 is 14.8. The maximum atomic E-state index is 15.0. The van der Waals surface area contributed by atoms with Crippen LogP contribution in [0.15, 0.2) is 119 Å². The molecule has 19 nitrogen and oxygen atoms in total. The van der Waals surface area contributed by atoms with Crippen molar-refractivity contribution in [1.82, 2.24) is 38.0 Å². The monoisotopic (exact) mass is 1170 g/mol. The number of pyridine rings is 4. The summed E-state index contributed by atoms with van der Waals surface area (Å²) >= 11 is 0. The Labute approximate surface area is 507 Å². The lowest BCUT2D eigenvalue weighted by molar-refractivity contribution is 0.0957. The fraction of sp³-hybridized carbons (Fsp3) is 0.382. The molecule has 14 rings (SSSR count). The Bertz CT molecular complexity index is 3810. The molecule has 8 aromatic rings. The van der Waals surface area contributed by atoms with Gasteiger partial charge in [0.05, 0.1) is 48.4 Å². The van der Waals surface area contributed by atoms with Crippen LogP contribution in [0, 0.1) is 0 Å². The number of fused-ring (bicyclic) bond motifs is 6. The topological polar surface area (TPSA) is 167 Å². The van der Waals surface area contributed by atoms with Crippen LogP contribution in [-0.2, 0) is 70.8 Å². The first kappa shape index (κ1) is 56.1. The van der Waals surface area contributed by atoms with Gasteiger partial charge in [0.15, 0.2) is 0 Å². The second kappa shape index (κ2) is 23.5. The predicted octanol–water partition coefficient (Wildman–Crippen LogP) is 8.60. The number of nitrogens with zero attached hydrogens (tertiary/aromatic N) is 12. The Kier molecular flexibility index (Phi) is 15.1. The predicted molar refractivity (Wildman–Crippen MR) is 343 cm³/mol. The van der Waals surface area contributed by atoms with Gasteiger partial charge >= 0.3 is 0 Å². The van der Waals surface area contributed by atoms with Crippen LogP contribution in [0.1, 0.15) is 80.3 Å². The van der Waals surface area contributed by atoms with Gasteiger partial charge in [-0.05, 0) is 148 Å². The third kappa shape index (κ3) is 10.8. The number of hydrogen-bond acceptors (Lipinski definition) is 13. The maximum absolute atomic E-state index is 15.0. The smallest absolute Gasteiger partial charge is 0.274 e. The number of ether oxygens (including phenoxy) is 1. The molecule has 4 aliphatic heterocycles. The van der Waals surface area contributed by atoms with E-state index in [0.29, 0.717) is 60.6 Å². The highest BCUT2D eigenvalue weighted by Gasteiger charge is 2.35. The average molecular weight is 1170 g/mol. The Balaban J connectivity index is 0.831. The Hall–Kier alpha value is -8.78. The molecule has 87 heavy (non-hydrogen) atoms. The van der Waals surface area contributed by atoms with Gasteiger partial charge in [-0.3, -0.25) is 19.2 Å². The molecule has 19 heteroatoms. The minimum Gasteiger partial charge on any atom is -0.372 e. The summed E-state index contributed by atoms with van der Waals surface area (Å²) in [6.45, 7) is 9.94. The minimum atomic E-state index is -0.218. The van der Waals surface area contributed by atoms with E-state index in [-0.39, 0.29) is 36.1 Å². The maximum Gasteiger partial charge on any atom is 0.274 e. The normalized spacial score (nSPS) is 17.3. The number of aromatic nitrogens is 6. The van der Waals surface area contributed by atoms with Crippen LogP contribution in [0.4, 0.5) is 45.8 Å². The molecule has 6 aromatic heterocycles. The minimum absolute atomic E-state index is 0.0564. The molecule has 2 aliphatic carbocycles. The lowest BCUT2D eigenvalue weighted by Crippen LogP contribution is -2.44. The van der Waals surface area contributed by atoms with Crippen LogP contribution in [-0.4, -0.2) is 129 Å². The molecule has 448 valence electrons. The van der Waals surface area contributed by atoms with Crippen molar-refractivity contribution in [3.8, 4) is 22.3 Å². The summed E-state index contributed by atoms with van der Waals surface area (Å²) in [7, 11) is 7.78. The van der Waals surface area contributed by atoms with E-state index in [4.69, 9.17) is 14.7 Å². The number of carbonyl (C=O) groups excluding carboxylic acids is 2. The van der Waals surface area contributed by atoms with Crippen LogP contribution < -0.4 is 41.4 Å². The van der Waals surface area contributed by atoms with Gasteiger partial charge in [-0.1, -0.05) is 24.3 Å². The van der Waals surface area contributed by atoms with Gasteiger partial charge in [0.1, 0.15) is 34.4 Å². The summed E-state index contributed by atoms with van der Waals surface area (Å²) in [5.41, 5.74) is 14.9. The molecule has 0 spiro atoms. The third-order valence-corrected chi connectivity index (χ3v) is 19.0. The Morgan fingerprint density at radius 1 is 0.471 bits per heavy atom. The fourth-order valence-electron chi connectivity index (χ4n) is 14.1. The van der Waals surface area contributed by atoms with E-state index in [1.54, 1.807) is 23.2 Å². The van der Waals surface area contributed by atoms with Crippen LogP contribution in [0.3, 0.4) is 0 Å². The molecule has 6 aliphatic rings. The van der Waals surface area contributed by atoms with E-state index in [2.05, 4.69) is 65.6 Å². The first-order chi connectivity index (χ1) is 42.4. The average Bonchev–Trinajstić information content (AvgIpc) is 2.23. The van der Waals surface area contributed by atoms with Crippen molar-refractivity contribution < 1.29 is 14.3 Å². The second-order valence-electron chi connectivity index (χ2n) is 24.5. The fourth-order valence-corrected chi connectivity index (χ4v) is 14.1. The molecule has 0 unspecified atom stereocenters. The van der Waals surface area contributed by atoms with Crippen molar-refractivity contribution >= 4 is 57.6 Å². The SMILES string of the molecule is CN1CCN(c2ccc(Nc3cc(-c4cccc(N5CCn6c(cc7c6CCCC7)C5=O)c4COCc4c(-c5cc(Nc6ccc(N7CCN(C)CC7)cn6)c(=O)n(C)c5)cccc4N4CCn5c(cc6c5CCCC6)C4=O)cn(C)c3=O)nc2)CC1. The van der Waals surface area contributed by atoms with Gasteiger partial charge < -0.3 is 63.0 Å². The van der Waals surface area contributed by atoms with Gasteiger partial charge in [-0.15, -0.1) is 0 Å². The number of benzene rings is 2. The number of piperazine rings is 2. The molecule has 10 heterocycles. The van der Waals surface area contributed by atoms with E-state index < -0.39 is 0 Å². The zero-order chi connectivity index (χ0) is 59.4. The van der Waals surface area contributed by atoms with E-state index in [0.717, 1.165) is 160 Å². The van der Waals surface area contributed by atoms with Crippen LogP contribution in [0.25, 0.3) is 22.3 Å². The molecular weight excluding hydrogens is 1090 g/mol. The molecule has 2 aromatic carbocycles. The number of amides is 2. The zero-order valence-electron chi connectivity index (χ0n) is 50.4. The van der Waals surface area contributed by atoms with Gasteiger partial charge in [0, 0.05) is 139 Å². The Morgan fingerprint density at radius 2 is 0.897 bits per heavy atom. The third-order valence-electron chi connectivity index (χ3n) is 19.0. The van der Waals surface area contributed by atoms with Gasteiger partial charge in [0.2, 0.25) is 0 Å². The molecule has 2 saturated heterocycles. The zero-order valence-corrected chi connectivity index (χ0v) is 50.4. The van der Waals surface area contributed by atoms with Crippen LogP contribution in [0.5, 0.6) is 0 Å². The Morgan fingerprint density at radius 3 is 1.31 bits per heavy atom. The van der Waals surface area contributed by atoms with E-state index in [1.807, 2.05) is 107 Å². The first-order valence-corrected chi connectivity index (χ1v) is 31.0. The van der Waals surface area contributed by atoms with Crippen LogP contribution >= 0.6 is 0 Å². The number of aryl methyl sites for hydroxylation is 4. The second-order valence-corrected chi connectivity index (χ2v) is 24.5. The van der Waals surface area contributed by atoms with Gasteiger partial charge in [-0.25, -0.2) is 9.97 Å². The number of nitrogens with one attached hydrogen (secondary N) is 2. The molecule has 0 bridgehead atoms. The number of hydrogen-bond donors (Lipinski definition) is 2. The summed E-state index contributed by atoms with van der Waals surface area (Å²) in [4.78, 5) is 80.9. The lowest BCUT2D eigenvalue weighted by Gasteiger charge is -2.33. The van der Waals surface area contributed by atoms with E-state index >= 15 is 9.59 Å². The molecule has 0 atom stereocenters. The summed E-state index contributed by atoms with van der Waals surface area (Å²) in [5.74, 6) is 0.968. The van der Waals surface area contributed by atoms with Crippen molar-refractivity contribution in [1.29, 1.82) is 0 Å². The van der Waals surface area contributed by atoms with Gasteiger partial charge in [-0.2, -0.15) is 0 Å². The number of carbonyl (C=O) groups is 2. The summed E-state index contributed by atoms with van der Waals surface area (Å²) in [6.07, 6.45) is 15.7. The molecule has 2 fully saturated rings. The van der Waals surface area contributed by atoms with Crippen LogP contribution in [0.2, 0.25) is 0 Å². The van der Waals surface area contributed by atoms with Crippen molar-refractivity contribution in [2.75, 3.05) is 110 Å². The molecule has 2 amide bonds. The highest BCUT2D eigenvalue weighted by atomic mass is 16.5. The molecule has 0 saturated carbocycles. The number of rotatable bonds is 14. The summed E-state index contributed by atoms with van der Waals surface area (Å²) in [5, 5.41) is 6.70. The standard InChI is InChI=1S/C68H76N14O5/c1-73-23-27-77(28-24-73)49-19-21-63(69-39-49)71-55-35-47(41-75(3)65(55)83)51-13-9-17-59(81-33-31-79-57-15-7-5-11-45(57)37-61(79)67(81)85)53(51)43-87-44-54-52(14-10-18-60(54)82-34-32-80-58-16-8-6-12-46(58)38-62(80)68(82)86)48-36-56(66(84)76(4)42-48)72-64-22-20-50(40-70-64)78-29-25-74(2)26-30-78/h9-10,13-14,17-22,35-42H,5-8,11-12,15-16,23-34,43-44H2,1-4H3,(H,69,71)(H,70,72). The number of likely N-dealkylation sites (N-methyl/N-ethyl adjacent to an activating group) is 2. The molecule has 2 N–H and O–H groups in total. The largest absolute Gasteiger partial charge is 0.372 e. The molecular formula is C68H76N14O5. The molecule has 0 radical (unpaired) electrons. The highest BCUT2D eigenvalue weighted by Crippen LogP contribution is 2.40. The van der Waals surface area contributed by atoms with Crippen molar-refractivity contribution in [2.24, 2.45) is 14.1 Å². The van der Waals surface area contributed by atoms with Crippen molar-refractivity contribution in [3.63, 3.8) is 0 Å². The van der Waals surface area contributed by atoms with E-state index in [9.17, 15) is 9.59 Å². The van der Waals surface area contributed by atoms with Crippen molar-refractivity contribution in [2.45, 2.75) is 77.7 Å². The highest BCUT2D eigenvalue weighted by molar-refractivity contribution is 6.08. The van der Waals surface area contributed by atoms with Gasteiger partial charge in [0.25, 0.3) is 22.9 Å². The summed E-state index contributed by atoms with van der Waals surface area (Å²) in [6, 6.07) is 27.9. The quantitative estimate of drug-likeness (QED) is 0.106. The van der Waals surface area contributed by atoms with Crippen molar-refractivity contribution in [3.05, 3.63) is 175 Å². The first-order valence-electron chi connectivity index (χ1n) is 31.0. The number of anilines is 8. The van der Waals surface area contributed by atoms with E-state index in [1.165, 1.54) is 22.5 Å². The lowest BCUT2D eigenvalue weighted by atomic mass is 9.97.